The van der Waals surface area contributed by atoms with Crippen molar-refractivity contribution in [3.8, 4) is 17.3 Å². The van der Waals surface area contributed by atoms with Crippen molar-refractivity contribution < 1.29 is 14.3 Å². The third kappa shape index (κ3) is 4.44. The molecule has 0 aromatic carbocycles. The molecule has 0 saturated carbocycles. The highest BCUT2D eigenvalue weighted by atomic mass is 32.2. The topological polar surface area (TPSA) is 87.3 Å². The summed E-state index contributed by atoms with van der Waals surface area (Å²) in [5.41, 5.74) is 0.819. The van der Waals surface area contributed by atoms with Crippen molar-refractivity contribution in [3.05, 3.63) is 6.20 Å². The summed E-state index contributed by atoms with van der Waals surface area (Å²) in [5, 5.41) is 13.8. The van der Waals surface area contributed by atoms with Gasteiger partial charge in [0.2, 0.25) is 11.8 Å². The Morgan fingerprint density at radius 3 is 2.67 bits per heavy atom. The Kier molecular flexibility index (Phi) is 6.73. The molecule has 2 aromatic heterocycles. The zero-order valence-corrected chi connectivity index (χ0v) is 16.9. The van der Waals surface area contributed by atoms with Crippen LogP contribution in [0.15, 0.2) is 11.4 Å². The Hall–Kier alpha value is -2.07. The SMILES string of the molecule is CCOc1nn(CC)cc1-c1nnc(SCC(=O)N2CCOCC2)n1CC. The minimum Gasteiger partial charge on any atom is -0.476 e. The molecular formula is C17H26N6O3S. The summed E-state index contributed by atoms with van der Waals surface area (Å²) in [7, 11) is 0. The van der Waals surface area contributed by atoms with Gasteiger partial charge in [0.1, 0.15) is 5.56 Å². The maximum atomic E-state index is 12.4. The normalized spacial score (nSPS) is 14.6. The van der Waals surface area contributed by atoms with Crippen LogP contribution in [0.3, 0.4) is 0 Å². The second-order valence-electron chi connectivity index (χ2n) is 5.97. The lowest BCUT2D eigenvalue weighted by Gasteiger charge is -2.26. The van der Waals surface area contributed by atoms with E-state index in [-0.39, 0.29) is 5.91 Å². The molecule has 0 spiro atoms. The first-order valence-corrected chi connectivity index (χ1v) is 10.3. The first kappa shape index (κ1) is 19.7. The zero-order valence-electron chi connectivity index (χ0n) is 16.1. The number of ether oxygens (including phenoxy) is 2. The van der Waals surface area contributed by atoms with E-state index in [0.29, 0.717) is 56.9 Å². The molecule has 0 bridgehead atoms. The number of amides is 1. The van der Waals surface area contributed by atoms with Crippen LogP contribution in [0.4, 0.5) is 0 Å². The molecule has 0 unspecified atom stereocenters. The summed E-state index contributed by atoms with van der Waals surface area (Å²) in [5.74, 6) is 1.71. The van der Waals surface area contributed by atoms with Gasteiger partial charge in [-0.2, -0.15) is 0 Å². The molecule has 1 aliphatic rings. The first-order valence-electron chi connectivity index (χ1n) is 9.30. The summed E-state index contributed by atoms with van der Waals surface area (Å²) in [6.45, 7) is 10.5. The lowest BCUT2D eigenvalue weighted by atomic mass is 10.3. The van der Waals surface area contributed by atoms with Crippen LogP contribution < -0.4 is 4.74 Å². The standard InChI is InChI=1S/C17H26N6O3S/c1-4-22-11-13(16(20-22)26-6-3)15-18-19-17(23(15)5-2)27-12-14(24)21-7-9-25-10-8-21/h11H,4-10,12H2,1-3H3. The molecule has 3 rings (SSSR count). The number of aryl methyl sites for hydroxylation is 1. The molecule has 0 radical (unpaired) electrons. The number of hydrogen-bond acceptors (Lipinski definition) is 7. The first-order chi connectivity index (χ1) is 13.2. The molecule has 0 atom stereocenters. The summed E-state index contributed by atoms with van der Waals surface area (Å²) >= 11 is 1.41. The summed E-state index contributed by atoms with van der Waals surface area (Å²) < 4.78 is 14.8. The third-order valence-electron chi connectivity index (χ3n) is 4.30. The van der Waals surface area contributed by atoms with E-state index in [9.17, 15) is 4.79 Å². The van der Waals surface area contributed by atoms with Crippen molar-refractivity contribution in [1.29, 1.82) is 0 Å². The van der Waals surface area contributed by atoms with Crippen molar-refractivity contribution in [2.45, 2.75) is 39.0 Å². The predicted molar refractivity (Wildman–Crippen MR) is 102 cm³/mol. The van der Waals surface area contributed by atoms with Crippen LogP contribution >= 0.6 is 11.8 Å². The second kappa shape index (κ2) is 9.23. The Morgan fingerprint density at radius 1 is 1.22 bits per heavy atom. The van der Waals surface area contributed by atoms with Crippen LogP contribution in [-0.4, -0.2) is 74.0 Å². The van der Waals surface area contributed by atoms with Crippen molar-refractivity contribution >= 4 is 17.7 Å². The molecule has 0 aliphatic carbocycles. The molecule has 9 nitrogen and oxygen atoms in total. The number of thioether (sulfide) groups is 1. The van der Waals surface area contributed by atoms with Gasteiger partial charge in [-0.25, -0.2) is 0 Å². The van der Waals surface area contributed by atoms with Gasteiger partial charge >= 0.3 is 0 Å². The van der Waals surface area contributed by atoms with Gasteiger partial charge in [-0.05, 0) is 20.8 Å². The lowest BCUT2D eigenvalue weighted by Crippen LogP contribution is -2.41. The Labute approximate surface area is 163 Å². The fourth-order valence-corrected chi connectivity index (χ4v) is 3.78. The van der Waals surface area contributed by atoms with Crippen molar-refractivity contribution in [3.63, 3.8) is 0 Å². The van der Waals surface area contributed by atoms with Gasteiger partial charge in [-0.3, -0.25) is 9.48 Å². The molecular weight excluding hydrogens is 368 g/mol. The summed E-state index contributed by atoms with van der Waals surface area (Å²) in [4.78, 5) is 14.2. The zero-order chi connectivity index (χ0) is 19.2. The highest BCUT2D eigenvalue weighted by Gasteiger charge is 2.22. The molecule has 3 heterocycles. The molecule has 1 fully saturated rings. The Balaban J connectivity index is 1.77. The van der Waals surface area contributed by atoms with Gasteiger partial charge in [-0.15, -0.1) is 15.3 Å². The average Bonchev–Trinajstić information content (AvgIpc) is 3.30. The number of hydrogen-bond donors (Lipinski definition) is 0. The molecule has 10 heteroatoms. The molecule has 148 valence electrons. The Morgan fingerprint density at radius 2 is 2.00 bits per heavy atom. The van der Waals surface area contributed by atoms with Gasteiger partial charge in [0.25, 0.3) is 0 Å². The van der Waals surface area contributed by atoms with E-state index in [1.54, 1.807) is 0 Å². The average molecular weight is 395 g/mol. The number of carbonyl (C=O) groups is 1. The van der Waals surface area contributed by atoms with Crippen LogP contribution in [0.5, 0.6) is 5.88 Å². The van der Waals surface area contributed by atoms with Gasteiger partial charge < -0.3 is 18.9 Å². The van der Waals surface area contributed by atoms with Crippen molar-refractivity contribution in [1.82, 2.24) is 29.4 Å². The van der Waals surface area contributed by atoms with E-state index in [0.717, 1.165) is 17.3 Å². The molecule has 0 N–H and O–H groups in total. The van der Waals surface area contributed by atoms with Crippen molar-refractivity contribution in [2.75, 3.05) is 38.7 Å². The maximum Gasteiger partial charge on any atom is 0.243 e. The number of nitrogens with zero attached hydrogens (tertiary/aromatic N) is 6. The van der Waals surface area contributed by atoms with E-state index in [2.05, 4.69) is 15.3 Å². The van der Waals surface area contributed by atoms with Crippen LogP contribution in [0.1, 0.15) is 20.8 Å². The Bertz CT molecular complexity index is 769. The van der Waals surface area contributed by atoms with E-state index in [1.807, 2.05) is 41.1 Å². The fourth-order valence-electron chi connectivity index (χ4n) is 2.87. The monoisotopic (exact) mass is 394 g/mol. The van der Waals surface area contributed by atoms with E-state index < -0.39 is 0 Å². The van der Waals surface area contributed by atoms with E-state index >= 15 is 0 Å². The molecule has 2 aromatic rings. The molecule has 1 amide bonds. The number of aromatic nitrogens is 5. The quantitative estimate of drug-likeness (QED) is 0.628. The lowest BCUT2D eigenvalue weighted by molar-refractivity contribution is -0.132. The minimum atomic E-state index is 0.101. The van der Waals surface area contributed by atoms with Crippen molar-refractivity contribution in [2.24, 2.45) is 0 Å². The number of morpholine rings is 1. The van der Waals surface area contributed by atoms with E-state index in [1.165, 1.54) is 11.8 Å². The van der Waals surface area contributed by atoms with Gasteiger partial charge in [-0.1, -0.05) is 11.8 Å². The third-order valence-corrected chi connectivity index (χ3v) is 5.25. The van der Waals surface area contributed by atoms with Gasteiger partial charge in [0.15, 0.2) is 11.0 Å². The van der Waals surface area contributed by atoms with Crippen LogP contribution in [0, 0.1) is 0 Å². The smallest absolute Gasteiger partial charge is 0.243 e. The second-order valence-corrected chi connectivity index (χ2v) is 6.91. The van der Waals surface area contributed by atoms with Gasteiger partial charge in [0, 0.05) is 32.4 Å². The van der Waals surface area contributed by atoms with E-state index in [4.69, 9.17) is 9.47 Å². The summed E-state index contributed by atoms with van der Waals surface area (Å²) in [6, 6.07) is 0. The van der Waals surface area contributed by atoms with Gasteiger partial charge in [0.05, 0.1) is 25.6 Å². The minimum absolute atomic E-state index is 0.101. The van der Waals surface area contributed by atoms with Crippen LogP contribution in [0.2, 0.25) is 0 Å². The predicted octanol–water partition coefficient (Wildman–Crippen LogP) is 1.53. The maximum absolute atomic E-state index is 12.4. The summed E-state index contributed by atoms with van der Waals surface area (Å²) in [6.07, 6.45) is 1.93. The highest BCUT2D eigenvalue weighted by Crippen LogP contribution is 2.30. The molecule has 27 heavy (non-hydrogen) atoms. The van der Waals surface area contributed by atoms with Crippen LogP contribution in [0.25, 0.3) is 11.4 Å². The molecule has 1 aliphatic heterocycles. The fraction of sp³-hybridized carbons (Fsp3) is 0.647. The highest BCUT2D eigenvalue weighted by molar-refractivity contribution is 7.99. The largest absolute Gasteiger partial charge is 0.476 e. The van der Waals surface area contributed by atoms with Crippen LogP contribution in [-0.2, 0) is 22.6 Å². The molecule has 1 saturated heterocycles. The number of carbonyl (C=O) groups excluding carboxylic acids is 1. The number of rotatable bonds is 8.